The first kappa shape index (κ1) is 7.99. The van der Waals surface area contributed by atoms with Gasteiger partial charge in [0.05, 0.1) is 12.4 Å². The molecule has 1 N–H and O–H groups in total. The quantitative estimate of drug-likeness (QED) is 0.747. The lowest BCUT2D eigenvalue weighted by molar-refractivity contribution is 0.880. The minimum atomic E-state index is 0.358. The smallest absolute Gasteiger partial charge is 0.158 e. The largest absolute Gasteiger partial charge is 0.369 e. The first-order chi connectivity index (χ1) is 6.38. The van der Waals surface area contributed by atoms with Gasteiger partial charge < -0.3 is 5.32 Å². The fraction of sp³-hybridized carbons (Fsp3) is 0.444. The zero-order valence-corrected chi connectivity index (χ0v) is 7.20. The highest BCUT2D eigenvalue weighted by Gasteiger charge is 2.20. The molecule has 1 saturated carbocycles. The normalized spacial score (nSPS) is 15.0. The number of rotatable bonds is 3. The summed E-state index contributed by atoms with van der Waals surface area (Å²) in [5, 5.41) is 11.7. The Kier molecular flexibility index (Phi) is 2.09. The van der Waals surface area contributed by atoms with Crippen LogP contribution in [0.15, 0.2) is 12.4 Å². The number of aromatic nitrogens is 2. The molecule has 13 heavy (non-hydrogen) atoms. The number of nitriles is 1. The highest BCUT2D eigenvalue weighted by molar-refractivity contribution is 5.33. The predicted octanol–water partition coefficient (Wildman–Crippen LogP) is 1.17. The highest BCUT2D eigenvalue weighted by atomic mass is 15.0. The minimum absolute atomic E-state index is 0.358. The number of anilines is 1. The lowest BCUT2D eigenvalue weighted by atomic mass is 10.4. The monoisotopic (exact) mass is 174 g/mol. The summed E-state index contributed by atoms with van der Waals surface area (Å²) in [6.45, 7) is 0.973. The summed E-state index contributed by atoms with van der Waals surface area (Å²) in [7, 11) is 0. The molecule has 0 aliphatic heterocycles. The molecule has 1 fully saturated rings. The molecule has 0 radical (unpaired) electrons. The summed E-state index contributed by atoms with van der Waals surface area (Å²) < 4.78 is 0. The SMILES string of the molecule is N#Cc1cnc(NCC2CC2)cn1. The molecule has 0 atom stereocenters. The Morgan fingerprint density at radius 2 is 2.31 bits per heavy atom. The summed E-state index contributed by atoms with van der Waals surface area (Å²) in [5.74, 6) is 1.57. The average Bonchev–Trinajstić information content (AvgIpc) is 2.99. The van der Waals surface area contributed by atoms with E-state index in [1.807, 2.05) is 6.07 Å². The Hall–Kier alpha value is -1.63. The molecule has 0 amide bonds. The van der Waals surface area contributed by atoms with Crippen LogP contribution in [-0.4, -0.2) is 16.5 Å². The summed E-state index contributed by atoms with van der Waals surface area (Å²) in [5.41, 5.74) is 0.358. The fourth-order valence-electron chi connectivity index (χ4n) is 1.05. The van der Waals surface area contributed by atoms with Gasteiger partial charge in [0, 0.05) is 6.54 Å². The van der Waals surface area contributed by atoms with Crippen LogP contribution in [0, 0.1) is 17.2 Å². The van der Waals surface area contributed by atoms with Crippen molar-refractivity contribution < 1.29 is 0 Å². The zero-order chi connectivity index (χ0) is 9.10. The van der Waals surface area contributed by atoms with Gasteiger partial charge >= 0.3 is 0 Å². The first-order valence-corrected chi connectivity index (χ1v) is 4.34. The molecule has 1 heterocycles. The molecule has 1 aliphatic carbocycles. The summed E-state index contributed by atoms with van der Waals surface area (Å²) >= 11 is 0. The molecule has 4 nitrogen and oxygen atoms in total. The van der Waals surface area contributed by atoms with E-state index in [4.69, 9.17) is 5.26 Å². The Morgan fingerprint density at radius 1 is 1.46 bits per heavy atom. The molecule has 1 aliphatic rings. The van der Waals surface area contributed by atoms with E-state index in [1.165, 1.54) is 19.0 Å². The van der Waals surface area contributed by atoms with E-state index in [2.05, 4.69) is 15.3 Å². The minimum Gasteiger partial charge on any atom is -0.369 e. The number of hydrogen-bond acceptors (Lipinski definition) is 4. The number of hydrogen-bond donors (Lipinski definition) is 1. The van der Waals surface area contributed by atoms with Crippen molar-refractivity contribution in [1.29, 1.82) is 5.26 Å². The van der Waals surface area contributed by atoms with Gasteiger partial charge in [-0.2, -0.15) is 5.26 Å². The molecule has 0 aromatic carbocycles. The van der Waals surface area contributed by atoms with Crippen molar-refractivity contribution >= 4 is 5.82 Å². The Balaban J connectivity index is 1.93. The van der Waals surface area contributed by atoms with Crippen LogP contribution in [0.25, 0.3) is 0 Å². The molecule has 0 spiro atoms. The van der Waals surface area contributed by atoms with E-state index >= 15 is 0 Å². The van der Waals surface area contributed by atoms with Crippen LogP contribution in [0.4, 0.5) is 5.82 Å². The van der Waals surface area contributed by atoms with Gasteiger partial charge in [-0.3, -0.25) is 0 Å². The van der Waals surface area contributed by atoms with Gasteiger partial charge in [0.25, 0.3) is 0 Å². The van der Waals surface area contributed by atoms with E-state index in [-0.39, 0.29) is 0 Å². The van der Waals surface area contributed by atoms with Crippen LogP contribution in [0.3, 0.4) is 0 Å². The van der Waals surface area contributed by atoms with Crippen LogP contribution in [-0.2, 0) is 0 Å². The maximum atomic E-state index is 8.48. The molecule has 0 saturated heterocycles. The van der Waals surface area contributed by atoms with Gasteiger partial charge in [0.2, 0.25) is 0 Å². The second-order valence-electron chi connectivity index (χ2n) is 3.22. The van der Waals surface area contributed by atoms with Crippen molar-refractivity contribution in [2.75, 3.05) is 11.9 Å². The topological polar surface area (TPSA) is 61.6 Å². The molecule has 66 valence electrons. The van der Waals surface area contributed by atoms with Crippen LogP contribution in [0.1, 0.15) is 18.5 Å². The van der Waals surface area contributed by atoms with Crippen molar-refractivity contribution in [2.24, 2.45) is 5.92 Å². The summed E-state index contributed by atoms with van der Waals surface area (Å²) in [6, 6.07) is 1.93. The Labute approximate surface area is 76.6 Å². The molecular weight excluding hydrogens is 164 g/mol. The lowest BCUT2D eigenvalue weighted by Gasteiger charge is -2.02. The van der Waals surface area contributed by atoms with Crippen molar-refractivity contribution in [3.63, 3.8) is 0 Å². The predicted molar refractivity (Wildman–Crippen MR) is 48.0 cm³/mol. The molecule has 0 unspecified atom stereocenters. The second kappa shape index (κ2) is 3.40. The maximum Gasteiger partial charge on any atom is 0.158 e. The van der Waals surface area contributed by atoms with Gasteiger partial charge in [0.1, 0.15) is 11.9 Å². The molecule has 4 heteroatoms. The van der Waals surface area contributed by atoms with E-state index in [0.29, 0.717) is 5.69 Å². The Morgan fingerprint density at radius 3 is 2.85 bits per heavy atom. The molecule has 2 rings (SSSR count). The van der Waals surface area contributed by atoms with Crippen molar-refractivity contribution in [3.05, 3.63) is 18.1 Å². The first-order valence-electron chi connectivity index (χ1n) is 4.34. The maximum absolute atomic E-state index is 8.48. The van der Waals surface area contributed by atoms with Crippen LogP contribution >= 0.6 is 0 Å². The van der Waals surface area contributed by atoms with E-state index < -0.39 is 0 Å². The summed E-state index contributed by atoms with van der Waals surface area (Å²) in [4.78, 5) is 7.96. The van der Waals surface area contributed by atoms with Crippen LogP contribution in [0.2, 0.25) is 0 Å². The van der Waals surface area contributed by atoms with Gasteiger partial charge in [-0.1, -0.05) is 0 Å². The van der Waals surface area contributed by atoms with Gasteiger partial charge in [-0.25, -0.2) is 9.97 Å². The van der Waals surface area contributed by atoms with Crippen molar-refractivity contribution in [1.82, 2.24) is 9.97 Å². The van der Waals surface area contributed by atoms with Gasteiger partial charge in [0.15, 0.2) is 5.69 Å². The third-order valence-electron chi connectivity index (χ3n) is 2.04. The summed E-state index contributed by atoms with van der Waals surface area (Å²) in [6.07, 6.45) is 5.71. The van der Waals surface area contributed by atoms with Gasteiger partial charge in [-0.15, -0.1) is 0 Å². The lowest BCUT2D eigenvalue weighted by Crippen LogP contribution is -2.05. The van der Waals surface area contributed by atoms with Crippen molar-refractivity contribution in [2.45, 2.75) is 12.8 Å². The average molecular weight is 174 g/mol. The number of nitrogens with one attached hydrogen (secondary N) is 1. The van der Waals surface area contributed by atoms with Crippen LogP contribution < -0.4 is 5.32 Å². The fourth-order valence-corrected chi connectivity index (χ4v) is 1.05. The molecular formula is C9H10N4. The van der Waals surface area contributed by atoms with Crippen molar-refractivity contribution in [3.8, 4) is 6.07 Å². The second-order valence-corrected chi connectivity index (χ2v) is 3.22. The third kappa shape index (κ3) is 2.15. The third-order valence-corrected chi connectivity index (χ3v) is 2.04. The molecule has 1 aromatic heterocycles. The highest BCUT2D eigenvalue weighted by Crippen LogP contribution is 2.28. The van der Waals surface area contributed by atoms with E-state index in [0.717, 1.165) is 18.3 Å². The standard InChI is InChI=1S/C9H10N4/c10-3-8-5-13-9(6-11-8)12-4-7-1-2-7/h5-7H,1-2,4H2,(H,12,13). The van der Waals surface area contributed by atoms with E-state index in [1.54, 1.807) is 6.20 Å². The van der Waals surface area contributed by atoms with Gasteiger partial charge in [-0.05, 0) is 18.8 Å². The van der Waals surface area contributed by atoms with E-state index in [9.17, 15) is 0 Å². The molecule has 1 aromatic rings. The van der Waals surface area contributed by atoms with Crippen LogP contribution in [0.5, 0.6) is 0 Å². The Bertz CT molecular complexity index is 320. The zero-order valence-electron chi connectivity index (χ0n) is 7.20. The molecule has 0 bridgehead atoms. The number of nitrogens with zero attached hydrogens (tertiary/aromatic N) is 3.